The van der Waals surface area contributed by atoms with Crippen molar-refractivity contribution in [2.45, 2.75) is 25.3 Å². The van der Waals surface area contributed by atoms with E-state index in [9.17, 15) is 13.2 Å². The molecule has 0 bridgehead atoms. The van der Waals surface area contributed by atoms with Gasteiger partial charge in [-0.2, -0.15) is 0 Å². The summed E-state index contributed by atoms with van der Waals surface area (Å²) in [7, 11) is -1.12. The lowest BCUT2D eigenvalue weighted by atomic mass is 10.2. The standard InChI is InChI=1S/C13H22N4O3S2/c1-17(11-4-6-22(19,20)9-11)7-12(18)15-5-2-3-10-8-21-13(14)16-10/h8,11H,2-7,9H2,1H3,(H2,14,16)(H,15,18)/t11-/m1/s1. The Kier molecular flexibility index (Phi) is 5.76. The van der Waals surface area contributed by atoms with Gasteiger partial charge in [0.15, 0.2) is 15.0 Å². The summed E-state index contributed by atoms with van der Waals surface area (Å²) < 4.78 is 22.9. The van der Waals surface area contributed by atoms with Crippen molar-refractivity contribution >= 4 is 32.2 Å². The summed E-state index contributed by atoms with van der Waals surface area (Å²) in [5, 5.41) is 5.33. The number of nitrogens with zero attached hydrogens (tertiary/aromatic N) is 2. The molecule has 0 radical (unpaired) electrons. The minimum absolute atomic E-state index is 0.0475. The second-order valence-corrected chi connectivity index (χ2v) is 8.72. The van der Waals surface area contributed by atoms with Crippen LogP contribution in [0.4, 0.5) is 5.13 Å². The third-order valence-electron chi connectivity index (χ3n) is 3.73. The molecule has 1 aliphatic heterocycles. The summed E-state index contributed by atoms with van der Waals surface area (Å²) in [6.07, 6.45) is 2.19. The summed E-state index contributed by atoms with van der Waals surface area (Å²) in [6.45, 7) is 0.802. The number of anilines is 1. The molecule has 2 heterocycles. The fourth-order valence-electron chi connectivity index (χ4n) is 2.47. The first kappa shape index (κ1) is 17.2. The summed E-state index contributed by atoms with van der Waals surface area (Å²) in [5.74, 6) is 0.298. The Morgan fingerprint density at radius 3 is 2.95 bits per heavy atom. The van der Waals surface area contributed by atoms with E-state index >= 15 is 0 Å². The van der Waals surface area contributed by atoms with Crippen LogP contribution in [-0.4, -0.2) is 61.9 Å². The quantitative estimate of drug-likeness (QED) is 0.668. The van der Waals surface area contributed by atoms with Crippen LogP contribution in [0.15, 0.2) is 5.38 Å². The molecule has 22 heavy (non-hydrogen) atoms. The van der Waals surface area contributed by atoms with Crippen molar-refractivity contribution in [2.24, 2.45) is 0 Å². The lowest BCUT2D eigenvalue weighted by Crippen LogP contribution is -2.41. The second-order valence-electron chi connectivity index (χ2n) is 5.60. The Morgan fingerprint density at radius 1 is 1.59 bits per heavy atom. The molecule has 1 aromatic heterocycles. The SMILES string of the molecule is CN(CC(=O)NCCCc1csc(N)n1)[C@@H]1CCS(=O)(=O)C1. The maximum Gasteiger partial charge on any atom is 0.234 e. The van der Waals surface area contributed by atoms with Crippen molar-refractivity contribution in [3.8, 4) is 0 Å². The molecule has 9 heteroatoms. The van der Waals surface area contributed by atoms with Crippen LogP contribution in [0.1, 0.15) is 18.5 Å². The number of carbonyl (C=O) groups excluding carboxylic acids is 1. The topological polar surface area (TPSA) is 105 Å². The lowest BCUT2D eigenvalue weighted by Gasteiger charge is -2.22. The van der Waals surface area contributed by atoms with Crippen LogP contribution in [-0.2, 0) is 21.1 Å². The summed E-state index contributed by atoms with van der Waals surface area (Å²) in [4.78, 5) is 17.8. The second kappa shape index (κ2) is 7.38. The number of aromatic nitrogens is 1. The van der Waals surface area contributed by atoms with Crippen LogP contribution >= 0.6 is 11.3 Å². The van der Waals surface area contributed by atoms with Crippen LogP contribution in [0.5, 0.6) is 0 Å². The van der Waals surface area contributed by atoms with E-state index in [-0.39, 0.29) is 30.0 Å². The molecule has 0 aliphatic carbocycles. The predicted octanol–water partition coefficient (Wildman–Crippen LogP) is -0.107. The van der Waals surface area contributed by atoms with E-state index in [2.05, 4.69) is 10.3 Å². The van der Waals surface area contributed by atoms with Gasteiger partial charge in [-0.25, -0.2) is 13.4 Å². The minimum atomic E-state index is -2.92. The fourth-order valence-corrected chi connectivity index (χ4v) is 4.87. The predicted molar refractivity (Wildman–Crippen MR) is 87.5 cm³/mol. The zero-order valence-corrected chi connectivity index (χ0v) is 14.3. The number of likely N-dealkylation sites (N-methyl/N-ethyl adjacent to an activating group) is 1. The average Bonchev–Trinajstić information content (AvgIpc) is 3.00. The maximum atomic E-state index is 11.9. The Labute approximate surface area is 134 Å². The van der Waals surface area contributed by atoms with Gasteiger partial charge in [-0.1, -0.05) is 0 Å². The first-order chi connectivity index (χ1) is 10.4. The van der Waals surface area contributed by atoms with Crippen molar-refractivity contribution in [2.75, 3.05) is 37.4 Å². The number of nitrogen functional groups attached to an aromatic ring is 1. The summed E-state index contributed by atoms with van der Waals surface area (Å²) >= 11 is 1.41. The number of nitrogens with two attached hydrogens (primary N) is 1. The third kappa shape index (κ3) is 5.22. The first-order valence-electron chi connectivity index (χ1n) is 7.23. The number of nitrogens with one attached hydrogen (secondary N) is 1. The van der Waals surface area contributed by atoms with E-state index in [1.807, 2.05) is 10.3 Å². The van der Waals surface area contributed by atoms with Crippen molar-refractivity contribution in [1.29, 1.82) is 0 Å². The van der Waals surface area contributed by atoms with E-state index in [1.165, 1.54) is 11.3 Å². The highest BCUT2D eigenvalue weighted by molar-refractivity contribution is 7.91. The molecule has 1 amide bonds. The van der Waals surface area contributed by atoms with Gasteiger partial charge >= 0.3 is 0 Å². The molecular formula is C13H22N4O3S2. The van der Waals surface area contributed by atoms with Crippen LogP contribution < -0.4 is 11.1 Å². The van der Waals surface area contributed by atoms with Gasteiger partial charge in [0.2, 0.25) is 5.91 Å². The van der Waals surface area contributed by atoms with E-state index in [4.69, 9.17) is 5.73 Å². The maximum absolute atomic E-state index is 11.9. The smallest absolute Gasteiger partial charge is 0.234 e. The summed E-state index contributed by atoms with van der Waals surface area (Å²) in [6, 6.07) is -0.0475. The monoisotopic (exact) mass is 346 g/mol. The molecule has 0 unspecified atom stereocenters. The Bertz CT molecular complexity index is 615. The molecular weight excluding hydrogens is 324 g/mol. The molecule has 1 fully saturated rings. The van der Waals surface area contributed by atoms with Crippen molar-refractivity contribution in [1.82, 2.24) is 15.2 Å². The van der Waals surface area contributed by atoms with Crippen molar-refractivity contribution in [3.63, 3.8) is 0 Å². The normalized spacial score (nSPS) is 20.4. The molecule has 1 saturated heterocycles. The zero-order chi connectivity index (χ0) is 16.2. The van der Waals surface area contributed by atoms with Crippen LogP contribution in [0, 0.1) is 0 Å². The number of carbonyl (C=O) groups is 1. The highest BCUT2D eigenvalue weighted by atomic mass is 32.2. The largest absolute Gasteiger partial charge is 0.375 e. The van der Waals surface area contributed by atoms with Crippen molar-refractivity contribution in [3.05, 3.63) is 11.1 Å². The molecule has 7 nitrogen and oxygen atoms in total. The van der Waals surface area contributed by atoms with Gasteiger partial charge < -0.3 is 11.1 Å². The summed E-state index contributed by atoms with van der Waals surface area (Å²) in [5.41, 5.74) is 6.50. The number of aryl methyl sites for hydroxylation is 1. The number of thiazole rings is 1. The molecule has 0 saturated carbocycles. The van der Waals surface area contributed by atoms with Gasteiger partial charge in [0.05, 0.1) is 23.7 Å². The lowest BCUT2D eigenvalue weighted by molar-refractivity contribution is -0.122. The zero-order valence-electron chi connectivity index (χ0n) is 12.6. The number of amides is 1. The molecule has 2 rings (SSSR count). The molecule has 0 aromatic carbocycles. The Balaban J connectivity index is 1.63. The minimum Gasteiger partial charge on any atom is -0.375 e. The molecule has 1 atom stereocenters. The number of rotatable bonds is 7. The van der Waals surface area contributed by atoms with Gasteiger partial charge in [0.1, 0.15) is 0 Å². The van der Waals surface area contributed by atoms with Crippen LogP contribution in [0.2, 0.25) is 0 Å². The average molecular weight is 346 g/mol. The Morgan fingerprint density at radius 2 is 2.36 bits per heavy atom. The van der Waals surface area contributed by atoms with E-state index < -0.39 is 9.84 Å². The van der Waals surface area contributed by atoms with E-state index in [0.29, 0.717) is 18.1 Å². The highest BCUT2D eigenvalue weighted by Crippen LogP contribution is 2.16. The van der Waals surface area contributed by atoms with Gasteiger partial charge in [0.25, 0.3) is 0 Å². The van der Waals surface area contributed by atoms with E-state index in [0.717, 1.165) is 18.5 Å². The Hall–Kier alpha value is -1.19. The fraction of sp³-hybridized carbons (Fsp3) is 0.692. The van der Waals surface area contributed by atoms with Crippen LogP contribution in [0.3, 0.4) is 0 Å². The molecule has 124 valence electrons. The van der Waals surface area contributed by atoms with Gasteiger partial charge in [-0.3, -0.25) is 9.69 Å². The van der Waals surface area contributed by atoms with Gasteiger partial charge in [0, 0.05) is 18.0 Å². The van der Waals surface area contributed by atoms with Crippen LogP contribution in [0.25, 0.3) is 0 Å². The van der Waals surface area contributed by atoms with Crippen molar-refractivity contribution < 1.29 is 13.2 Å². The first-order valence-corrected chi connectivity index (χ1v) is 9.93. The molecule has 0 spiro atoms. The molecule has 3 N–H and O–H groups in total. The number of hydrogen-bond acceptors (Lipinski definition) is 7. The van der Waals surface area contributed by atoms with E-state index in [1.54, 1.807) is 7.05 Å². The van der Waals surface area contributed by atoms with Gasteiger partial charge in [-0.15, -0.1) is 11.3 Å². The molecule has 1 aliphatic rings. The highest BCUT2D eigenvalue weighted by Gasteiger charge is 2.31. The molecule has 1 aromatic rings. The van der Waals surface area contributed by atoms with Gasteiger partial charge in [-0.05, 0) is 26.3 Å². The third-order valence-corrected chi connectivity index (χ3v) is 6.20. The number of sulfone groups is 1. The number of hydrogen-bond donors (Lipinski definition) is 2.